The Labute approximate surface area is 199 Å². The molecule has 2 aromatic carbocycles. The number of morpholine rings is 1. The van der Waals surface area contributed by atoms with Gasteiger partial charge in [-0.1, -0.05) is 18.6 Å². The van der Waals surface area contributed by atoms with Crippen molar-refractivity contribution in [2.45, 2.75) is 30.2 Å². The Morgan fingerprint density at radius 3 is 2.35 bits per heavy atom. The number of amides is 1. The topological polar surface area (TPSA) is 103 Å². The van der Waals surface area contributed by atoms with Gasteiger partial charge in [-0.05, 0) is 48.7 Å². The number of nitrogens with one attached hydrogen (secondary N) is 1. The zero-order valence-electron chi connectivity index (χ0n) is 18.7. The molecular weight excluding hydrogens is 459 g/mol. The van der Waals surface area contributed by atoms with E-state index in [0.29, 0.717) is 50.6 Å². The van der Waals surface area contributed by atoms with Crippen LogP contribution in [0.5, 0.6) is 0 Å². The van der Waals surface area contributed by atoms with Gasteiger partial charge in [-0.3, -0.25) is 4.79 Å². The van der Waals surface area contributed by atoms with Crippen molar-refractivity contribution in [2.24, 2.45) is 0 Å². The van der Waals surface area contributed by atoms with Gasteiger partial charge in [0.2, 0.25) is 10.0 Å². The number of hydrogen-bond donors (Lipinski definition) is 1. The summed E-state index contributed by atoms with van der Waals surface area (Å²) in [7, 11) is -3.75. The lowest BCUT2D eigenvalue weighted by Gasteiger charge is -2.31. The van der Waals surface area contributed by atoms with Crippen molar-refractivity contribution < 1.29 is 22.3 Å². The van der Waals surface area contributed by atoms with Crippen LogP contribution < -0.4 is 10.2 Å². The highest BCUT2D eigenvalue weighted by molar-refractivity contribution is 7.89. The molecule has 2 heterocycles. The van der Waals surface area contributed by atoms with E-state index in [0.717, 1.165) is 19.3 Å². The van der Waals surface area contributed by atoms with E-state index in [4.69, 9.17) is 4.74 Å². The van der Waals surface area contributed by atoms with E-state index in [2.05, 4.69) is 5.32 Å². The van der Waals surface area contributed by atoms with Gasteiger partial charge in [-0.15, -0.1) is 0 Å². The van der Waals surface area contributed by atoms with Gasteiger partial charge in [-0.25, -0.2) is 12.8 Å². The number of rotatable bonds is 6. The molecule has 0 spiro atoms. The quantitative estimate of drug-likeness (QED) is 0.674. The fourth-order valence-corrected chi connectivity index (χ4v) is 5.79. The van der Waals surface area contributed by atoms with Crippen LogP contribution in [0.4, 0.5) is 10.1 Å². The van der Waals surface area contributed by atoms with Crippen LogP contribution in [0.15, 0.2) is 47.4 Å². The molecule has 10 heteroatoms. The van der Waals surface area contributed by atoms with Crippen molar-refractivity contribution in [3.63, 3.8) is 0 Å². The van der Waals surface area contributed by atoms with Gasteiger partial charge in [0.1, 0.15) is 11.9 Å². The first-order valence-electron chi connectivity index (χ1n) is 11.3. The molecule has 2 fully saturated rings. The van der Waals surface area contributed by atoms with Crippen LogP contribution in [0.25, 0.3) is 0 Å². The molecule has 34 heavy (non-hydrogen) atoms. The monoisotopic (exact) mass is 486 g/mol. The SMILES string of the molecule is N#C[C@H](NC(=O)c1cc(S(=O)(=O)N2CCCCC2)ccc1N1CCOCC1)c1ccc(F)cc1. The third-order valence-corrected chi connectivity index (χ3v) is 8.02. The number of sulfonamides is 1. The van der Waals surface area contributed by atoms with E-state index >= 15 is 0 Å². The van der Waals surface area contributed by atoms with E-state index in [1.54, 1.807) is 6.07 Å². The first-order chi connectivity index (χ1) is 16.4. The molecule has 8 nitrogen and oxygen atoms in total. The maximum absolute atomic E-state index is 13.4. The fourth-order valence-electron chi connectivity index (χ4n) is 4.25. The number of ether oxygens (including phenoxy) is 1. The molecule has 1 N–H and O–H groups in total. The third-order valence-electron chi connectivity index (χ3n) is 6.13. The van der Waals surface area contributed by atoms with Crippen LogP contribution in [0.2, 0.25) is 0 Å². The number of nitriles is 1. The molecule has 0 unspecified atom stereocenters. The van der Waals surface area contributed by atoms with Gasteiger partial charge in [0.25, 0.3) is 5.91 Å². The summed E-state index contributed by atoms with van der Waals surface area (Å²) < 4.78 is 46.7. The molecule has 4 rings (SSSR count). The summed E-state index contributed by atoms with van der Waals surface area (Å²) in [6.45, 7) is 3.00. The molecule has 1 amide bonds. The Morgan fingerprint density at radius 2 is 1.71 bits per heavy atom. The number of piperidine rings is 1. The van der Waals surface area contributed by atoms with Crippen LogP contribution in [0.3, 0.4) is 0 Å². The van der Waals surface area contributed by atoms with Crippen LogP contribution in [0.1, 0.15) is 41.2 Å². The largest absolute Gasteiger partial charge is 0.378 e. The van der Waals surface area contributed by atoms with Gasteiger partial charge in [0.05, 0.1) is 29.7 Å². The van der Waals surface area contributed by atoms with Gasteiger partial charge in [0, 0.05) is 31.9 Å². The van der Waals surface area contributed by atoms with Gasteiger partial charge < -0.3 is 15.0 Å². The van der Waals surface area contributed by atoms with E-state index in [1.807, 2.05) is 11.0 Å². The van der Waals surface area contributed by atoms with Gasteiger partial charge in [-0.2, -0.15) is 9.57 Å². The maximum atomic E-state index is 13.4. The van der Waals surface area contributed by atoms with Crippen molar-refractivity contribution in [1.82, 2.24) is 9.62 Å². The number of carbonyl (C=O) groups excluding carboxylic acids is 1. The summed E-state index contributed by atoms with van der Waals surface area (Å²) in [5, 5.41) is 12.3. The lowest BCUT2D eigenvalue weighted by molar-refractivity contribution is 0.0943. The molecule has 0 saturated carbocycles. The molecule has 0 aliphatic carbocycles. The lowest BCUT2D eigenvalue weighted by Crippen LogP contribution is -2.39. The number of halogens is 1. The Morgan fingerprint density at radius 1 is 1.03 bits per heavy atom. The average molecular weight is 487 g/mol. The summed E-state index contributed by atoms with van der Waals surface area (Å²) in [4.78, 5) is 15.4. The minimum Gasteiger partial charge on any atom is -0.378 e. The second-order valence-corrected chi connectivity index (χ2v) is 10.3. The van der Waals surface area contributed by atoms with Crippen LogP contribution >= 0.6 is 0 Å². The predicted molar refractivity (Wildman–Crippen MR) is 124 cm³/mol. The minimum atomic E-state index is -3.75. The standard InChI is InChI=1S/C24H27FN4O4S/c25-19-6-4-18(5-7-19)22(17-26)27-24(30)21-16-20(34(31,32)29-10-2-1-3-11-29)8-9-23(21)28-12-14-33-15-13-28/h4-9,16,22H,1-3,10-15H2,(H,27,30)/t22-/m0/s1. The number of benzene rings is 2. The Hall–Kier alpha value is -3.00. The highest BCUT2D eigenvalue weighted by Crippen LogP contribution is 2.28. The minimum absolute atomic E-state index is 0.0480. The highest BCUT2D eigenvalue weighted by Gasteiger charge is 2.29. The molecule has 0 aromatic heterocycles. The molecule has 2 aliphatic heterocycles. The number of anilines is 1. The highest BCUT2D eigenvalue weighted by atomic mass is 32.2. The van der Waals surface area contributed by atoms with Crippen LogP contribution in [-0.4, -0.2) is 58.0 Å². The predicted octanol–water partition coefficient (Wildman–Crippen LogP) is 2.83. The van der Waals surface area contributed by atoms with Crippen molar-refractivity contribution in [3.05, 3.63) is 59.4 Å². The first kappa shape index (κ1) is 24.1. The Balaban J connectivity index is 1.68. The zero-order chi connectivity index (χ0) is 24.1. The number of carbonyl (C=O) groups is 1. The lowest BCUT2D eigenvalue weighted by atomic mass is 10.1. The number of nitrogens with zero attached hydrogens (tertiary/aromatic N) is 3. The second-order valence-electron chi connectivity index (χ2n) is 8.33. The summed E-state index contributed by atoms with van der Waals surface area (Å²) in [6.07, 6.45) is 2.61. The zero-order valence-corrected chi connectivity index (χ0v) is 19.6. The molecular formula is C24H27FN4O4S. The maximum Gasteiger partial charge on any atom is 0.254 e. The van der Waals surface area contributed by atoms with Crippen molar-refractivity contribution in [2.75, 3.05) is 44.3 Å². The summed E-state index contributed by atoms with van der Waals surface area (Å²) >= 11 is 0. The molecule has 2 aromatic rings. The Bertz CT molecular complexity index is 1170. The van der Waals surface area contributed by atoms with Crippen molar-refractivity contribution in [1.29, 1.82) is 5.26 Å². The molecule has 1 atom stereocenters. The van der Waals surface area contributed by atoms with E-state index in [-0.39, 0.29) is 10.5 Å². The van der Waals surface area contributed by atoms with E-state index in [1.165, 1.54) is 40.7 Å². The summed E-state index contributed by atoms with van der Waals surface area (Å²) in [5.74, 6) is -1.02. The van der Waals surface area contributed by atoms with Crippen molar-refractivity contribution in [3.8, 4) is 6.07 Å². The van der Waals surface area contributed by atoms with Crippen LogP contribution in [0, 0.1) is 17.1 Å². The molecule has 2 aliphatic rings. The third kappa shape index (κ3) is 5.22. The van der Waals surface area contributed by atoms with Gasteiger partial charge >= 0.3 is 0 Å². The molecule has 0 bridgehead atoms. The average Bonchev–Trinajstić information content (AvgIpc) is 2.88. The van der Waals surface area contributed by atoms with E-state index in [9.17, 15) is 22.9 Å². The first-order valence-corrected chi connectivity index (χ1v) is 12.8. The van der Waals surface area contributed by atoms with Gasteiger partial charge in [0.15, 0.2) is 0 Å². The summed E-state index contributed by atoms with van der Waals surface area (Å²) in [6, 6.07) is 10.9. The molecule has 2 saturated heterocycles. The van der Waals surface area contributed by atoms with E-state index < -0.39 is 27.8 Å². The van der Waals surface area contributed by atoms with Crippen molar-refractivity contribution >= 4 is 21.6 Å². The fraction of sp³-hybridized carbons (Fsp3) is 0.417. The smallest absolute Gasteiger partial charge is 0.254 e. The molecule has 0 radical (unpaired) electrons. The Kier molecular flexibility index (Phi) is 7.46. The van der Waals surface area contributed by atoms with Crippen LogP contribution in [-0.2, 0) is 14.8 Å². The normalized spacial score (nSPS) is 18.2. The number of hydrogen-bond acceptors (Lipinski definition) is 6. The molecule has 180 valence electrons. The summed E-state index contributed by atoms with van der Waals surface area (Å²) in [5.41, 5.74) is 1.18. The second kappa shape index (κ2) is 10.5.